The lowest BCUT2D eigenvalue weighted by Crippen LogP contribution is -2.59. The minimum absolute atomic E-state index is 0.119. The number of fused-ring (bicyclic) bond motifs is 1. The highest BCUT2D eigenvalue weighted by Crippen LogP contribution is 2.60. The average Bonchev–Trinajstić information content (AvgIpc) is 3.28. The molecule has 9 heteroatoms. The first-order valence-corrected chi connectivity index (χ1v) is 11.4. The second-order valence-electron chi connectivity index (χ2n) is 8.57. The Balaban J connectivity index is 2.10. The van der Waals surface area contributed by atoms with Crippen molar-refractivity contribution in [2.75, 3.05) is 19.8 Å². The van der Waals surface area contributed by atoms with Crippen molar-refractivity contribution in [2.24, 2.45) is 11.8 Å². The van der Waals surface area contributed by atoms with Crippen LogP contribution in [-0.2, 0) is 23.9 Å². The number of hydrogen-bond acceptors (Lipinski definition) is 6. The van der Waals surface area contributed by atoms with E-state index in [1.807, 2.05) is 13.8 Å². The summed E-state index contributed by atoms with van der Waals surface area (Å²) in [5.74, 6) is -2.67. The minimum atomic E-state index is -1.14. The Hall–Kier alpha value is -1.45. The second-order valence-corrected chi connectivity index (χ2v) is 9.74. The van der Waals surface area contributed by atoms with Gasteiger partial charge in [0.2, 0.25) is 11.8 Å². The summed E-state index contributed by atoms with van der Waals surface area (Å²) in [6.07, 6.45) is 1.53. The molecule has 3 rings (SSSR count). The third-order valence-corrected chi connectivity index (χ3v) is 7.34. The molecule has 1 N–H and O–H groups in total. The van der Waals surface area contributed by atoms with E-state index in [0.717, 1.165) is 0 Å². The Morgan fingerprint density at radius 2 is 2.13 bits per heavy atom. The van der Waals surface area contributed by atoms with Crippen LogP contribution in [0.2, 0.25) is 0 Å². The summed E-state index contributed by atoms with van der Waals surface area (Å²) in [6, 6.07) is -1.64. The van der Waals surface area contributed by atoms with Crippen LogP contribution >= 0.6 is 15.9 Å². The number of carbonyl (C=O) groups excluding carboxylic acids is 3. The first-order chi connectivity index (χ1) is 14.2. The summed E-state index contributed by atoms with van der Waals surface area (Å²) >= 11 is 3.60. The van der Waals surface area contributed by atoms with Crippen molar-refractivity contribution in [3.05, 3.63) is 12.7 Å². The van der Waals surface area contributed by atoms with Gasteiger partial charge in [-0.25, -0.2) is 0 Å². The van der Waals surface area contributed by atoms with E-state index in [2.05, 4.69) is 22.5 Å². The van der Waals surface area contributed by atoms with Crippen LogP contribution in [0.3, 0.4) is 0 Å². The average molecular weight is 487 g/mol. The topological polar surface area (TPSA) is 96.4 Å². The van der Waals surface area contributed by atoms with Gasteiger partial charge in [-0.3, -0.25) is 14.4 Å². The van der Waals surface area contributed by atoms with Crippen molar-refractivity contribution in [3.8, 4) is 0 Å². The number of hydrogen-bond donors (Lipinski definition) is 1. The molecule has 0 radical (unpaired) electrons. The van der Waals surface area contributed by atoms with Crippen LogP contribution in [0, 0.1) is 11.8 Å². The van der Waals surface area contributed by atoms with Crippen LogP contribution < -0.4 is 0 Å². The van der Waals surface area contributed by atoms with Crippen molar-refractivity contribution >= 4 is 33.7 Å². The van der Waals surface area contributed by atoms with Crippen molar-refractivity contribution in [3.63, 3.8) is 0 Å². The van der Waals surface area contributed by atoms with Crippen molar-refractivity contribution in [2.45, 2.75) is 68.8 Å². The van der Waals surface area contributed by atoms with Gasteiger partial charge < -0.3 is 24.4 Å². The number of alkyl halides is 1. The number of likely N-dealkylation sites (tertiary alicyclic amines) is 1. The Bertz CT molecular complexity index is 730. The number of rotatable bonds is 8. The SMILES string of the molecule is C=CCN(C(=O)[C@@H]1N([C@H](C)CO)C(=O)[C@H]2[C@H](C(=O)OCC)[C@H]3O[C@@]12CC3Br)C(C)C. The Labute approximate surface area is 185 Å². The molecule has 2 amide bonds. The largest absolute Gasteiger partial charge is 0.466 e. The maximum atomic E-state index is 13.8. The zero-order valence-electron chi connectivity index (χ0n) is 17.9. The van der Waals surface area contributed by atoms with E-state index in [0.29, 0.717) is 13.0 Å². The summed E-state index contributed by atoms with van der Waals surface area (Å²) in [4.78, 5) is 43.0. The number of nitrogens with zero attached hydrogens (tertiary/aromatic N) is 2. The third-order valence-electron chi connectivity index (χ3n) is 6.49. The summed E-state index contributed by atoms with van der Waals surface area (Å²) in [5.41, 5.74) is -1.14. The molecule has 3 fully saturated rings. The molecule has 8 nitrogen and oxygen atoms in total. The summed E-state index contributed by atoms with van der Waals surface area (Å²) in [7, 11) is 0. The molecule has 1 spiro atoms. The summed E-state index contributed by atoms with van der Waals surface area (Å²) < 4.78 is 11.6. The van der Waals surface area contributed by atoms with Gasteiger partial charge in [-0.1, -0.05) is 22.0 Å². The highest BCUT2D eigenvalue weighted by molar-refractivity contribution is 9.09. The lowest BCUT2D eigenvalue weighted by molar-refractivity contribution is -0.156. The first-order valence-electron chi connectivity index (χ1n) is 10.5. The van der Waals surface area contributed by atoms with Crippen LogP contribution in [0.25, 0.3) is 0 Å². The van der Waals surface area contributed by atoms with Crippen LogP contribution in [0.1, 0.15) is 34.1 Å². The molecule has 3 aliphatic heterocycles. The zero-order valence-corrected chi connectivity index (χ0v) is 19.5. The van der Waals surface area contributed by atoms with Crippen LogP contribution in [0.4, 0.5) is 0 Å². The molecule has 0 saturated carbocycles. The maximum Gasteiger partial charge on any atom is 0.312 e. The lowest BCUT2D eigenvalue weighted by atomic mass is 9.70. The maximum absolute atomic E-state index is 13.8. The lowest BCUT2D eigenvalue weighted by Gasteiger charge is -2.39. The van der Waals surface area contributed by atoms with E-state index in [4.69, 9.17) is 9.47 Å². The van der Waals surface area contributed by atoms with Crippen molar-refractivity contribution in [1.29, 1.82) is 0 Å². The van der Waals surface area contributed by atoms with Gasteiger partial charge in [-0.2, -0.15) is 0 Å². The van der Waals surface area contributed by atoms with E-state index in [9.17, 15) is 19.5 Å². The molecular formula is C21H31BrN2O6. The van der Waals surface area contributed by atoms with Gasteiger partial charge in [0.1, 0.15) is 11.6 Å². The summed E-state index contributed by atoms with van der Waals surface area (Å²) in [6.45, 7) is 11.2. The molecule has 2 bridgehead atoms. The molecule has 3 aliphatic rings. The van der Waals surface area contributed by atoms with Crippen LogP contribution in [0.15, 0.2) is 12.7 Å². The van der Waals surface area contributed by atoms with E-state index in [-0.39, 0.29) is 35.9 Å². The number of amides is 2. The van der Waals surface area contributed by atoms with Crippen molar-refractivity contribution in [1.82, 2.24) is 9.80 Å². The first kappa shape index (κ1) is 23.2. The Morgan fingerprint density at radius 3 is 2.67 bits per heavy atom. The molecule has 0 aliphatic carbocycles. The molecule has 3 heterocycles. The standard InChI is InChI=1S/C21H31BrN2O6/c1-6-8-23(11(3)4)19(27)17-21-9-13(22)16(30-21)14(20(28)29-7-2)15(21)18(26)24(17)12(5)10-25/h6,11-17,25H,1,7-10H2,2-5H3/t12-,13?,14+,15-,16+,17+,21-/m1/s1. The fourth-order valence-corrected chi connectivity index (χ4v) is 6.21. The molecular weight excluding hydrogens is 456 g/mol. The molecule has 3 saturated heterocycles. The predicted molar refractivity (Wildman–Crippen MR) is 113 cm³/mol. The molecule has 0 aromatic carbocycles. The monoisotopic (exact) mass is 486 g/mol. The van der Waals surface area contributed by atoms with Gasteiger partial charge in [0.15, 0.2) is 0 Å². The van der Waals surface area contributed by atoms with Gasteiger partial charge in [-0.15, -0.1) is 6.58 Å². The van der Waals surface area contributed by atoms with Gasteiger partial charge >= 0.3 is 5.97 Å². The number of ether oxygens (including phenoxy) is 2. The Morgan fingerprint density at radius 1 is 1.47 bits per heavy atom. The van der Waals surface area contributed by atoms with Crippen LogP contribution in [-0.4, -0.2) is 87.1 Å². The van der Waals surface area contributed by atoms with Crippen LogP contribution in [0.5, 0.6) is 0 Å². The fraction of sp³-hybridized carbons (Fsp3) is 0.762. The smallest absolute Gasteiger partial charge is 0.312 e. The Kier molecular flexibility index (Phi) is 6.65. The number of halogens is 1. The number of esters is 1. The number of aliphatic hydroxyl groups is 1. The highest BCUT2D eigenvalue weighted by Gasteiger charge is 2.77. The highest BCUT2D eigenvalue weighted by atomic mass is 79.9. The second kappa shape index (κ2) is 8.59. The fourth-order valence-electron chi connectivity index (χ4n) is 5.27. The van der Waals surface area contributed by atoms with Gasteiger partial charge in [-0.05, 0) is 34.1 Å². The van der Waals surface area contributed by atoms with E-state index >= 15 is 0 Å². The van der Waals surface area contributed by atoms with Crippen molar-refractivity contribution < 1.29 is 29.0 Å². The predicted octanol–water partition coefficient (Wildman–Crippen LogP) is 1.10. The van der Waals surface area contributed by atoms with Gasteiger partial charge in [0.25, 0.3) is 0 Å². The molecule has 0 aromatic rings. The van der Waals surface area contributed by atoms with Gasteiger partial charge in [0.05, 0.1) is 37.2 Å². The minimum Gasteiger partial charge on any atom is -0.466 e. The molecule has 7 atom stereocenters. The molecule has 1 unspecified atom stereocenters. The molecule has 30 heavy (non-hydrogen) atoms. The normalized spacial score (nSPS) is 35.5. The number of carbonyl (C=O) groups is 3. The van der Waals surface area contributed by atoms with E-state index in [1.165, 1.54) is 4.90 Å². The van der Waals surface area contributed by atoms with E-state index < -0.39 is 41.6 Å². The van der Waals surface area contributed by atoms with Gasteiger partial charge in [0, 0.05) is 17.4 Å². The van der Waals surface area contributed by atoms with E-state index in [1.54, 1.807) is 24.8 Å². The zero-order chi connectivity index (χ0) is 22.4. The summed E-state index contributed by atoms with van der Waals surface area (Å²) in [5, 5.41) is 9.83. The third kappa shape index (κ3) is 3.29. The molecule has 168 valence electrons. The quantitative estimate of drug-likeness (QED) is 0.313. The number of aliphatic hydroxyl groups excluding tert-OH is 1. The molecule has 0 aromatic heterocycles.